The minimum atomic E-state index is -1.41. The Bertz CT molecular complexity index is 717. The number of carboxylic acids is 1. The molecule has 2 N–H and O–H groups in total. The first-order valence-corrected chi connectivity index (χ1v) is 7.32. The largest absolute Gasteiger partial charge is 0.478 e. The Balaban J connectivity index is 1.88. The standard InChI is InChI=1S/C15H12FNO3S/c16-9-4-2-5-10(13(9)15(19)20)17-14(18)12-7-8-3-1-6-11(8)21-12/h2,4-5,7H,1,3,6H2,(H,17,18)(H,19,20). The molecule has 0 saturated carbocycles. The first-order chi connectivity index (χ1) is 10.1. The first kappa shape index (κ1) is 13.8. The second-order valence-corrected chi connectivity index (χ2v) is 5.97. The number of anilines is 1. The number of nitrogens with one attached hydrogen (secondary N) is 1. The van der Waals surface area contributed by atoms with Gasteiger partial charge in [0.2, 0.25) is 0 Å². The zero-order valence-corrected chi connectivity index (χ0v) is 11.8. The molecule has 1 amide bonds. The molecule has 0 fully saturated rings. The summed E-state index contributed by atoms with van der Waals surface area (Å²) in [6, 6.07) is 5.64. The maximum atomic E-state index is 13.6. The average molecular weight is 305 g/mol. The Morgan fingerprint density at radius 2 is 2.10 bits per heavy atom. The van der Waals surface area contributed by atoms with E-state index in [2.05, 4.69) is 5.32 Å². The monoisotopic (exact) mass is 305 g/mol. The van der Waals surface area contributed by atoms with Gasteiger partial charge in [-0.3, -0.25) is 4.79 Å². The molecule has 1 aliphatic carbocycles. The smallest absolute Gasteiger partial charge is 0.340 e. The van der Waals surface area contributed by atoms with Crippen LogP contribution in [0.1, 0.15) is 36.9 Å². The van der Waals surface area contributed by atoms with E-state index in [0.717, 1.165) is 25.3 Å². The van der Waals surface area contributed by atoms with Gasteiger partial charge in [-0.25, -0.2) is 9.18 Å². The van der Waals surface area contributed by atoms with Crippen LogP contribution in [-0.4, -0.2) is 17.0 Å². The third-order valence-corrected chi connectivity index (χ3v) is 4.68. The van der Waals surface area contributed by atoms with Crippen molar-refractivity contribution < 1.29 is 19.1 Å². The molecule has 6 heteroatoms. The highest BCUT2D eigenvalue weighted by Gasteiger charge is 2.21. The van der Waals surface area contributed by atoms with Crippen molar-refractivity contribution in [3.05, 3.63) is 51.0 Å². The van der Waals surface area contributed by atoms with E-state index >= 15 is 0 Å². The maximum absolute atomic E-state index is 13.6. The van der Waals surface area contributed by atoms with E-state index in [4.69, 9.17) is 5.11 Å². The molecule has 3 rings (SSSR count). The summed E-state index contributed by atoms with van der Waals surface area (Å²) in [5, 5.41) is 11.5. The van der Waals surface area contributed by atoms with E-state index in [9.17, 15) is 14.0 Å². The van der Waals surface area contributed by atoms with Gasteiger partial charge >= 0.3 is 5.97 Å². The summed E-state index contributed by atoms with van der Waals surface area (Å²) in [5.41, 5.74) is 0.638. The Morgan fingerprint density at radius 1 is 1.29 bits per heavy atom. The van der Waals surface area contributed by atoms with E-state index in [1.807, 2.05) is 6.07 Å². The Labute approximate surface area is 124 Å². The van der Waals surface area contributed by atoms with Crippen LogP contribution >= 0.6 is 11.3 Å². The molecule has 0 bridgehead atoms. The topological polar surface area (TPSA) is 66.4 Å². The van der Waals surface area contributed by atoms with Crippen molar-refractivity contribution in [2.45, 2.75) is 19.3 Å². The first-order valence-electron chi connectivity index (χ1n) is 6.51. The van der Waals surface area contributed by atoms with E-state index < -0.39 is 23.3 Å². The van der Waals surface area contributed by atoms with Crippen LogP contribution in [0.15, 0.2) is 24.3 Å². The number of thiophene rings is 1. The van der Waals surface area contributed by atoms with Crippen molar-refractivity contribution in [3.63, 3.8) is 0 Å². The molecule has 0 unspecified atom stereocenters. The average Bonchev–Trinajstić information content (AvgIpc) is 2.98. The number of carbonyl (C=O) groups excluding carboxylic acids is 1. The number of aryl methyl sites for hydroxylation is 2. The Kier molecular flexibility index (Phi) is 3.47. The number of amides is 1. The minimum Gasteiger partial charge on any atom is -0.478 e. The summed E-state index contributed by atoms with van der Waals surface area (Å²) in [4.78, 5) is 25.0. The van der Waals surface area contributed by atoms with Crippen molar-refractivity contribution in [2.24, 2.45) is 0 Å². The van der Waals surface area contributed by atoms with Gasteiger partial charge in [-0.2, -0.15) is 0 Å². The number of carbonyl (C=O) groups is 2. The van der Waals surface area contributed by atoms with Crippen LogP contribution in [-0.2, 0) is 12.8 Å². The SMILES string of the molecule is O=C(Nc1cccc(F)c1C(=O)O)c1cc2c(s1)CCC2. The molecule has 0 saturated heterocycles. The van der Waals surface area contributed by atoms with E-state index in [0.29, 0.717) is 4.88 Å². The van der Waals surface area contributed by atoms with Crippen LogP contribution in [0.4, 0.5) is 10.1 Å². The molecule has 0 spiro atoms. The number of rotatable bonds is 3. The molecule has 1 aromatic carbocycles. The van der Waals surface area contributed by atoms with Crippen molar-refractivity contribution in [3.8, 4) is 0 Å². The third-order valence-electron chi connectivity index (χ3n) is 3.45. The second kappa shape index (κ2) is 5.29. The number of fused-ring (bicyclic) bond motifs is 1. The van der Waals surface area contributed by atoms with Gasteiger partial charge in [0.05, 0.1) is 10.6 Å². The fraction of sp³-hybridized carbons (Fsp3) is 0.200. The number of hydrogen-bond acceptors (Lipinski definition) is 3. The van der Waals surface area contributed by atoms with Gasteiger partial charge < -0.3 is 10.4 Å². The van der Waals surface area contributed by atoms with Crippen LogP contribution in [0.3, 0.4) is 0 Å². The van der Waals surface area contributed by atoms with Gasteiger partial charge in [0.1, 0.15) is 11.4 Å². The van der Waals surface area contributed by atoms with Gasteiger partial charge in [-0.15, -0.1) is 11.3 Å². The molecule has 0 aliphatic heterocycles. The summed E-state index contributed by atoms with van der Waals surface area (Å²) in [6.45, 7) is 0. The molecule has 1 heterocycles. The molecule has 108 valence electrons. The Hall–Kier alpha value is -2.21. The molecule has 0 atom stereocenters. The quantitative estimate of drug-likeness (QED) is 0.914. The summed E-state index contributed by atoms with van der Waals surface area (Å²) in [6.07, 6.45) is 3.06. The van der Waals surface area contributed by atoms with Crippen LogP contribution in [0.2, 0.25) is 0 Å². The number of hydrogen-bond donors (Lipinski definition) is 2. The summed E-state index contributed by atoms with van der Waals surface area (Å²) < 4.78 is 13.6. The zero-order valence-electron chi connectivity index (χ0n) is 11.0. The van der Waals surface area contributed by atoms with Crippen LogP contribution < -0.4 is 5.32 Å². The lowest BCUT2D eigenvalue weighted by Gasteiger charge is -2.08. The molecule has 21 heavy (non-hydrogen) atoms. The van der Waals surface area contributed by atoms with Crippen LogP contribution in [0.25, 0.3) is 0 Å². The number of aromatic carboxylic acids is 1. The van der Waals surface area contributed by atoms with E-state index in [1.165, 1.54) is 33.9 Å². The zero-order chi connectivity index (χ0) is 15.0. The summed E-state index contributed by atoms with van der Waals surface area (Å²) in [5.74, 6) is -2.67. The lowest BCUT2D eigenvalue weighted by Crippen LogP contribution is -2.14. The lowest BCUT2D eigenvalue weighted by molar-refractivity contribution is 0.0693. The molecule has 1 aromatic heterocycles. The van der Waals surface area contributed by atoms with E-state index in [-0.39, 0.29) is 5.69 Å². The van der Waals surface area contributed by atoms with Crippen molar-refractivity contribution in [2.75, 3.05) is 5.32 Å². The highest BCUT2D eigenvalue weighted by atomic mass is 32.1. The fourth-order valence-corrected chi connectivity index (χ4v) is 3.62. The molecule has 0 radical (unpaired) electrons. The Morgan fingerprint density at radius 3 is 2.81 bits per heavy atom. The van der Waals surface area contributed by atoms with E-state index in [1.54, 1.807) is 0 Å². The predicted molar refractivity (Wildman–Crippen MR) is 77.7 cm³/mol. The third kappa shape index (κ3) is 2.54. The van der Waals surface area contributed by atoms with Gasteiger partial charge in [-0.1, -0.05) is 6.07 Å². The van der Waals surface area contributed by atoms with Gasteiger partial charge in [0.15, 0.2) is 0 Å². The molecule has 1 aliphatic rings. The van der Waals surface area contributed by atoms with Crippen molar-refractivity contribution in [1.82, 2.24) is 0 Å². The minimum absolute atomic E-state index is 0.0268. The molecule has 2 aromatic rings. The summed E-state index contributed by atoms with van der Waals surface area (Å²) in [7, 11) is 0. The number of benzene rings is 1. The van der Waals surface area contributed by atoms with Crippen LogP contribution in [0.5, 0.6) is 0 Å². The highest BCUT2D eigenvalue weighted by molar-refractivity contribution is 7.14. The van der Waals surface area contributed by atoms with Gasteiger partial charge in [0.25, 0.3) is 5.91 Å². The van der Waals surface area contributed by atoms with Crippen LogP contribution in [0, 0.1) is 5.82 Å². The number of halogens is 1. The van der Waals surface area contributed by atoms with Crippen molar-refractivity contribution in [1.29, 1.82) is 0 Å². The van der Waals surface area contributed by atoms with Crippen molar-refractivity contribution >= 4 is 28.9 Å². The van der Waals surface area contributed by atoms with Gasteiger partial charge in [0, 0.05) is 4.88 Å². The molecular weight excluding hydrogens is 293 g/mol. The normalized spacial score (nSPS) is 13.0. The fourth-order valence-electron chi connectivity index (χ4n) is 2.47. The molecule has 4 nitrogen and oxygen atoms in total. The van der Waals surface area contributed by atoms with Gasteiger partial charge in [-0.05, 0) is 43.0 Å². The highest BCUT2D eigenvalue weighted by Crippen LogP contribution is 2.31. The second-order valence-electron chi connectivity index (χ2n) is 4.83. The maximum Gasteiger partial charge on any atom is 0.340 e. The molecular formula is C15H12FNO3S. The number of carboxylic acid groups (broad SMARTS) is 1. The predicted octanol–water partition coefficient (Wildman–Crippen LogP) is 3.33. The lowest BCUT2D eigenvalue weighted by atomic mass is 10.1. The summed E-state index contributed by atoms with van der Waals surface area (Å²) >= 11 is 1.41.